The predicted octanol–water partition coefficient (Wildman–Crippen LogP) is 4.21. The van der Waals surface area contributed by atoms with Crippen LogP contribution in [0, 0.1) is 5.82 Å². The summed E-state index contributed by atoms with van der Waals surface area (Å²) in [6.07, 6.45) is -4.24. The molecule has 0 bridgehead atoms. The SMILES string of the molecule is O=S(=O)(c1ccc(F)c(C(F)(F)F)c1)N1CCC(OCc2ccccc2)CC1. The summed E-state index contributed by atoms with van der Waals surface area (Å²) in [7, 11) is -4.14. The maximum absolute atomic E-state index is 13.4. The van der Waals surface area contributed by atoms with Gasteiger partial charge in [-0.1, -0.05) is 30.3 Å². The largest absolute Gasteiger partial charge is 0.419 e. The van der Waals surface area contributed by atoms with Crippen molar-refractivity contribution in [3.63, 3.8) is 0 Å². The van der Waals surface area contributed by atoms with E-state index >= 15 is 0 Å². The minimum atomic E-state index is -4.96. The van der Waals surface area contributed by atoms with Gasteiger partial charge in [0.05, 0.1) is 23.2 Å². The molecule has 1 fully saturated rings. The van der Waals surface area contributed by atoms with Gasteiger partial charge in [-0.3, -0.25) is 0 Å². The van der Waals surface area contributed by atoms with Crippen LogP contribution in [0.1, 0.15) is 24.0 Å². The lowest BCUT2D eigenvalue weighted by Gasteiger charge is -2.31. The maximum Gasteiger partial charge on any atom is 0.419 e. The highest BCUT2D eigenvalue weighted by Crippen LogP contribution is 2.33. The van der Waals surface area contributed by atoms with Crippen LogP contribution in [0.4, 0.5) is 17.6 Å². The number of benzene rings is 2. The summed E-state index contributed by atoms with van der Waals surface area (Å²) in [5.41, 5.74) is -0.585. The predicted molar refractivity (Wildman–Crippen MR) is 94.4 cm³/mol. The average Bonchev–Trinajstić information content (AvgIpc) is 2.67. The zero-order valence-electron chi connectivity index (χ0n) is 14.8. The fourth-order valence-corrected chi connectivity index (χ4v) is 4.56. The van der Waals surface area contributed by atoms with Crippen LogP contribution in [-0.2, 0) is 27.5 Å². The first-order chi connectivity index (χ1) is 13.2. The van der Waals surface area contributed by atoms with Gasteiger partial charge in [0.25, 0.3) is 0 Å². The Morgan fingerprint density at radius 3 is 2.29 bits per heavy atom. The molecule has 1 aliphatic rings. The smallest absolute Gasteiger partial charge is 0.373 e. The number of alkyl halides is 3. The van der Waals surface area contributed by atoms with Gasteiger partial charge in [-0.15, -0.1) is 0 Å². The van der Waals surface area contributed by atoms with Gasteiger partial charge in [-0.2, -0.15) is 17.5 Å². The topological polar surface area (TPSA) is 46.6 Å². The molecule has 0 N–H and O–H groups in total. The Hall–Kier alpha value is -1.97. The molecule has 0 spiro atoms. The van der Waals surface area contributed by atoms with E-state index < -0.39 is 32.5 Å². The Morgan fingerprint density at radius 2 is 1.68 bits per heavy atom. The van der Waals surface area contributed by atoms with Crippen LogP contribution in [0.25, 0.3) is 0 Å². The van der Waals surface area contributed by atoms with Crippen LogP contribution >= 0.6 is 0 Å². The number of hydrogen-bond acceptors (Lipinski definition) is 3. The summed E-state index contributed by atoms with van der Waals surface area (Å²) in [5.74, 6) is -1.50. The molecule has 28 heavy (non-hydrogen) atoms. The molecule has 0 radical (unpaired) electrons. The third-order valence-corrected chi connectivity index (χ3v) is 6.51. The number of piperidine rings is 1. The van der Waals surface area contributed by atoms with Crippen LogP contribution in [-0.4, -0.2) is 31.9 Å². The molecular weight excluding hydrogens is 398 g/mol. The van der Waals surface area contributed by atoms with Crippen LogP contribution < -0.4 is 0 Å². The third kappa shape index (κ3) is 4.71. The standard InChI is InChI=1S/C19H19F4NO3S/c20-18-7-6-16(12-17(18)19(21,22)23)28(25,26)24-10-8-15(9-11-24)27-13-14-4-2-1-3-5-14/h1-7,12,15H,8-11,13H2. The first-order valence-electron chi connectivity index (χ1n) is 8.70. The van der Waals surface area contributed by atoms with Gasteiger partial charge in [-0.25, -0.2) is 12.8 Å². The fourth-order valence-electron chi connectivity index (χ4n) is 3.06. The van der Waals surface area contributed by atoms with Crippen LogP contribution in [0.3, 0.4) is 0 Å². The second kappa shape index (κ2) is 8.18. The molecule has 1 aliphatic heterocycles. The van der Waals surface area contributed by atoms with Crippen molar-refractivity contribution in [1.29, 1.82) is 0 Å². The van der Waals surface area contributed by atoms with E-state index in [1.165, 1.54) is 0 Å². The van der Waals surface area contributed by atoms with E-state index in [0.717, 1.165) is 15.9 Å². The normalized spacial score (nSPS) is 17.0. The minimum absolute atomic E-state index is 0.126. The van der Waals surface area contributed by atoms with E-state index in [4.69, 9.17) is 4.74 Å². The van der Waals surface area contributed by atoms with Crippen LogP contribution in [0.5, 0.6) is 0 Å². The lowest BCUT2D eigenvalue weighted by atomic mass is 10.1. The van der Waals surface area contributed by atoms with Crippen molar-refractivity contribution in [3.05, 3.63) is 65.5 Å². The average molecular weight is 417 g/mol. The Labute approximate surface area is 160 Å². The lowest BCUT2D eigenvalue weighted by molar-refractivity contribution is -0.140. The lowest BCUT2D eigenvalue weighted by Crippen LogP contribution is -2.40. The van der Waals surface area contributed by atoms with Crippen LogP contribution in [0.2, 0.25) is 0 Å². The molecule has 1 saturated heterocycles. The van der Waals surface area contributed by atoms with E-state index in [2.05, 4.69) is 0 Å². The fraction of sp³-hybridized carbons (Fsp3) is 0.368. The maximum atomic E-state index is 13.4. The van der Waals surface area contributed by atoms with Crippen LogP contribution in [0.15, 0.2) is 53.4 Å². The highest BCUT2D eigenvalue weighted by molar-refractivity contribution is 7.89. The summed E-state index contributed by atoms with van der Waals surface area (Å²) in [6, 6.07) is 11.3. The van der Waals surface area contributed by atoms with Crippen molar-refractivity contribution in [3.8, 4) is 0 Å². The highest BCUT2D eigenvalue weighted by atomic mass is 32.2. The highest BCUT2D eigenvalue weighted by Gasteiger charge is 2.37. The molecule has 152 valence electrons. The van der Waals surface area contributed by atoms with E-state index in [1.807, 2.05) is 30.3 Å². The van der Waals surface area contributed by atoms with Gasteiger partial charge in [0.2, 0.25) is 10.0 Å². The van der Waals surface area contributed by atoms with E-state index in [0.29, 0.717) is 31.6 Å². The van der Waals surface area contributed by atoms with E-state index in [-0.39, 0.29) is 19.2 Å². The van der Waals surface area contributed by atoms with E-state index in [9.17, 15) is 26.0 Å². The molecule has 3 rings (SSSR count). The third-order valence-electron chi connectivity index (χ3n) is 4.61. The Morgan fingerprint density at radius 1 is 1.04 bits per heavy atom. The summed E-state index contributed by atoms with van der Waals surface area (Å²) in [6.45, 7) is 0.659. The van der Waals surface area contributed by atoms with Crippen molar-refractivity contribution in [2.45, 2.75) is 36.6 Å². The van der Waals surface area contributed by atoms with Gasteiger partial charge in [0.1, 0.15) is 5.82 Å². The zero-order chi connectivity index (χ0) is 20.4. The number of halogens is 4. The molecule has 0 amide bonds. The summed E-state index contributed by atoms with van der Waals surface area (Å²) < 4.78 is 84.3. The molecular formula is C19H19F4NO3S. The first-order valence-corrected chi connectivity index (χ1v) is 10.1. The molecule has 4 nitrogen and oxygen atoms in total. The molecule has 2 aromatic carbocycles. The van der Waals surface area contributed by atoms with Gasteiger partial charge in [0.15, 0.2) is 0 Å². The molecule has 0 saturated carbocycles. The van der Waals surface area contributed by atoms with E-state index in [1.54, 1.807) is 0 Å². The molecule has 9 heteroatoms. The van der Waals surface area contributed by atoms with Crippen molar-refractivity contribution < 1.29 is 30.7 Å². The van der Waals surface area contributed by atoms with Gasteiger partial charge in [-0.05, 0) is 36.6 Å². The van der Waals surface area contributed by atoms with Crippen molar-refractivity contribution >= 4 is 10.0 Å². The quantitative estimate of drug-likeness (QED) is 0.685. The first kappa shape index (κ1) is 20.8. The van der Waals surface area contributed by atoms with Gasteiger partial charge >= 0.3 is 6.18 Å². The minimum Gasteiger partial charge on any atom is -0.373 e. The Kier molecular flexibility index (Phi) is 6.07. The van der Waals surface area contributed by atoms with Gasteiger partial charge < -0.3 is 4.74 Å². The number of sulfonamides is 1. The van der Waals surface area contributed by atoms with Gasteiger partial charge in [0, 0.05) is 13.1 Å². The number of ether oxygens (including phenoxy) is 1. The number of rotatable bonds is 5. The summed E-state index contributed by atoms with van der Waals surface area (Å²) in [5, 5.41) is 0. The molecule has 0 aromatic heterocycles. The molecule has 0 unspecified atom stereocenters. The number of nitrogens with zero attached hydrogens (tertiary/aromatic N) is 1. The summed E-state index contributed by atoms with van der Waals surface area (Å²) in [4.78, 5) is -0.565. The Bertz CT molecular complexity index is 909. The second-order valence-electron chi connectivity index (χ2n) is 6.54. The number of hydrogen-bond donors (Lipinski definition) is 0. The monoisotopic (exact) mass is 417 g/mol. The molecule has 0 aliphatic carbocycles. The van der Waals surface area contributed by atoms with Crippen molar-refractivity contribution in [2.75, 3.05) is 13.1 Å². The zero-order valence-corrected chi connectivity index (χ0v) is 15.6. The van der Waals surface area contributed by atoms with Crippen molar-refractivity contribution in [1.82, 2.24) is 4.31 Å². The second-order valence-corrected chi connectivity index (χ2v) is 8.48. The van der Waals surface area contributed by atoms with Crippen molar-refractivity contribution in [2.24, 2.45) is 0 Å². The molecule has 1 heterocycles. The molecule has 2 aromatic rings. The summed E-state index contributed by atoms with van der Waals surface area (Å²) >= 11 is 0. The molecule has 0 atom stereocenters. The Balaban J connectivity index is 1.65.